The second kappa shape index (κ2) is 15.1. The third kappa shape index (κ3) is 8.37. The lowest BCUT2D eigenvalue weighted by atomic mass is 9.84. The van der Waals surface area contributed by atoms with Crippen molar-refractivity contribution in [3.63, 3.8) is 0 Å². The van der Waals surface area contributed by atoms with Gasteiger partial charge >= 0.3 is 5.97 Å². The van der Waals surface area contributed by atoms with E-state index >= 15 is 0 Å². The molecule has 5 aromatic rings. The molecular formula is C39H38IN3O6. The molecule has 252 valence electrons. The molecule has 5 rings (SSSR count). The predicted molar refractivity (Wildman–Crippen MR) is 199 cm³/mol. The number of carboxylic acids is 1. The highest BCUT2D eigenvalue weighted by Gasteiger charge is 2.30. The number of rotatable bonds is 12. The lowest BCUT2D eigenvalue weighted by Crippen LogP contribution is -2.46. The lowest BCUT2D eigenvalue weighted by molar-refractivity contribution is -0.142. The molecule has 1 atom stereocenters. The van der Waals surface area contributed by atoms with Crippen molar-refractivity contribution in [1.29, 1.82) is 0 Å². The van der Waals surface area contributed by atoms with Gasteiger partial charge in [0.15, 0.2) is 0 Å². The van der Waals surface area contributed by atoms with Crippen LogP contribution in [0.3, 0.4) is 0 Å². The minimum Gasteiger partial charge on any atom is -0.497 e. The van der Waals surface area contributed by atoms with Crippen LogP contribution in [0.5, 0.6) is 5.75 Å². The van der Waals surface area contributed by atoms with Gasteiger partial charge in [0.05, 0.1) is 25.5 Å². The van der Waals surface area contributed by atoms with Gasteiger partial charge in [-0.05, 0) is 94.1 Å². The Morgan fingerprint density at radius 1 is 0.898 bits per heavy atom. The number of aliphatic carboxylic acids is 1. The number of nitrogens with zero attached hydrogens (tertiary/aromatic N) is 1. The maximum Gasteiger partial charge on any atom is 0.313 e. The highest BCUT2D eigenvalue weighted by molar-refractivity contribution is 14.1. The molecule has 0 aliphatic rings. The Bertz CT molecular complexity index is 2070. The molecule has 0 radical (unpaired) electrons. The summed E-state index contributed by atoms with van der Waals surface area (Å²) in [6, 6.07) is 27.0. The molecule has 49 heavy (non-hydrogen) atoms. The topological polar surface area (TPSA) is 127 Å². The summed E-state index contributed by atoms with van der Waals surface area (Å²) in [5, 5.41) is 17.5. The first-order valence-corrected chi connectivity index (χ1v) is 16.9. The van der Waals surface area contributed by atoms with Gasteiger partial charge in [0.25, 0.3) is 5.56 Å². The van der Waals surface area contributed by atoms with Gasteiger partial charge in [-0.2, -0.15) is 0 Å². The summed E-state index contributed by atoms with van der Waals surface area (Å²) in [4.78, 5) is 52.9. The Balaban J connectivity index is 1.41. The number of ether oxygens (including phenoxy) is 1. The third-order valence-electron chi connectivity index (χ3n) is 8.72. The van der Waals surface area contributed by atoms with E-state index in [2.05, 4.69) is 33.2 Å². The smallest absolute Gasteiger partial charge is 0.313 e. The fourth-order valence-corrected chi connectivity index (χ4v) is 6.13. The van der Waals surface area contributed by atoms with Crippen LogP contribution in [0, 0.1) is 10.5 Å². The van der Waals surface area contributed by atoms with Crippen LogP contribution in [-0.2, 0) is 39.2 Å². The maximum absolute atomic E-state index is 14.0. The molecule has 1 aromatic heterocycles. The van der Waals surface area contributed by atoms with Crippen molar-refractivity contribution in [3.05, 3.63) is 139 Å². The fourth-order valence-electron chi connectivity index (χ4n) is 5.52. The van der Waals surface area contributed by atoms with Crippen LogP contribution in [0.2, 0.25) is 0 Å². The van der Waals surface area contributed by atoms with E-state index in [1.165, 1.54) is 0 Å². The number of halogens is 1. The molecule has 0 fully saturated rings. The van der Waals surface area contributed by atoms with Crippen LogP contribution in [0.4, 0.5) is 5.69 Å². The van der Waals surface area contributed by atoms with Crippen LogP contribution in [0.1, 0.15) is 41.7 Å². The van der Waals surface area contributed by atoms with Crippen LogP contribution in [0.25, 0.3) is 10.8 Å². The van der Waals surface area contributed by atoms with E-state index in [4.69, 9.17) is 4.74 Å². The number of benzene rings is 4. The van der Waals surface area contributed by atoms with Gasteiger partial charge < -0.3 is 25.0 Å². The average molecular weight is 772 g/mol. The van der Waals surface area contributed by atoms with Gasteiger partial charge in [-0.15, -0.1) is 0 Å². The number of pyridine rings is 1. The zero-order valence-corrected chi connectivity index (χ0v) is 29.9. The fraction of sp³-hybridized carbons (Fsp3) is 0.231. The third-order valence-corrected chi connectivity index (χ3v) is 9.81. The molecule has 0 saturated carbocycles. The second-order valence-electron chi connectivity index (χ2n) is 12.6. The first kappa shape index (κ1) is 35.3. The zero-order chi connectivity index (χ0) is 35.3. The predicted octanol–water partition coefficient (Wildman–Crippen LogP) is 6.24. The van der Waals surface area contributed by atoms with Crippen molar-refractivity contribution >= 4 is 56.8 Å². The van der Waals surface area contributed by atoms with Gasteiger partial charge in [-0.3, -0.25) is 19.2 Å². The summed E-state index contributed by atoms with van der Waals surface area (Å²) in [7, 11) is 1.59. The number of amides is 2. The Hall–Kier alpha value is -4.97. The van der Waals surface area contributed by atoms with Crippen molar-refractivity contribution in [2.75, 3.05) is 12.4 Å². The highest BCUT2D eigenvalue weighted by atomic mass is 127. The Kier molecular flexibility index (Phi) is 10.9. The molecule has 0 aliphatic carbocycles. The number of nitrogens with one attached hydrogen (secondary N) is 2. The number of carbonyl (C=O) groups is 3. The van der Waals surface area contributed by atoms with E-state index in [9.17, 15) is 24.3 Å². The average Bonchev–Trinajstić information content (AvgIpc) is 3.09. The van der Waals surface area contributed by atoms with Gasteiger partial charge in [0, 0.05) is 16.2 Å². The highest BCUT2D eigenvalue weighted by Crippen LogP contribution is 2.25. The molecule has 0 aliphatic heterocycles. The number of anilines is 1. The maximum atomic E-state index is 14.0. The minimum absolute atomic E-state index is 0.0529. The van der Waals surface area contributed by atoms with E-state index < -0.39 is 23.3 Å². The molecule has 0 unspecified atom stereocenters. The normalized spacial score (nSPS) is 11.9. The summed E-state index contributed by atoms with van der Waals surface area (Å²) in [5.41, 5.74) is 2.28. The largest absolute Gasteiger partial charge is 0.497 e. The van der Waals surface area contributed by atoms with Crippen LogP contribution in [-0.4, -0.2) is 40.6 Å². The van der Waals surface area contributed by atoms with Gasteiger partial charge in [-0.25, -0.2) is 0 Å². The van der Waals surface area contributed by atoms with E-state index in [0.29, 0.717) is 22.4 Å². The van der Waals surface area contributed by atoms with Gasteiger partial charge in [0.1, 0.15) is 17.5 Å². The standard InChI is InChI=1S/C39H38IN3O6/c1-24-32(40)23-43(22-26-12-17-31(49-4)18-13-26)37(46)35(24)42-36(45)33(20-25-10-15-30(16-11-25)39(2,3)38(47)48)41-34(44)21-27-9-14-28-7-5-6-8-29(28)19-27/h5-19,23,33H,20-22H2,1-4H3,(H,41,44)(H,42,45)(H,47,48)/t33-/m0/s1. The van der Waals surface area contributed by atoms with Crippen molar-refractivity contribution < 1.29 is 24.2 Å². The number of aromatic nitrogens is 1. The number of hydrogen-bond donors (Lipinski definition) is 3. The molecule has 1 heterocycles. The number of methoxy groups -OCH3 is 1. The van der Waals surface area contributed by atoms with Crippen LogP contribution >= 0.6 is 22.6 Å². The molecule has 9 nitrogen and oxygen atoms in total. The molecule has 2 amide bonds. The SMILES string of the molecule is COc1ccc(Cn2cc(I)c(C)c(NC(=O)[C@H](Cc3ccc(C(C)(C)C(=O)O)cc3)NC(=O)Cc3ccc4ccccc4c3)c2=O)cc1. The summed E-state index contributed by atoms with van der Waals surface area (Å²) in [6.45, 7) is 5.30. The molecule has 3 N–H and O–H groups in total. The summed E-state index contributed by atoms with van der Waals surface area (Å²) in [6.07, 6.45) is 1.92. The Morgan fingerprint density at radius 3 is 2.18 bits per heavy atom. The van der Waals surface area contributed by atoms with Crippen molar-refractivity contribution in [2.45, 2.75) is 51.6 Å². The quantitative estimate of drug-likeness (QED) is 0.129. The molecule has 0 saturated heterocycles. The molecule has 10 heteroatoms. The van der Waals surface area contributed by atoms with Gasteiger partial charge in [0.2, 0.25) is 11.8 Å². The summed E-state index contributed by atoms with van der Waals surface area (Å²) < 4.78 is 7.57. The Morgan fingerprint density at radius 2 is 1.53 bits per heavy atom. The van der Waals surface area contributed by atoms with E-state index in [1.807, 2.05) is 66.7 Å². The summed E-state index contributed by atoms with van der Waals surface area (Å²) >= 11 is 2.14. The number of carbonyl (C=O) groups excluding carboxylic acids is 2. The lowest BCUT2D eigenvalue weighted by Gasteiger charge is -2.22. The molecule has 4 aromatic carbocycles. The Labute approximate surface area is 298 Å². The van der Waals surface area contributed by atoms with E-state index in [0.717, 1.165) is 25.5 Å². The number of hydrogen-bond acceptors (Lipinski definition) is 5. The van der Waals surface area contributed by atoms with Crippen LogP contribution < -0.4 is 20.9 Å². The van der Waals surface area contributed by atoms with Gasteiger partial charge in [-0.1, -0.05) is 78.9 Å². The van der Waals surface area contributed by atoms with Crippen molar-refractivity contribution in [3.8, 4) is 5.75 Å². The van der Waals surface area contributed by atoms with Crippen LogP contribution in [0.15, 0.2) is 102 Å². The van der Waals surface area contributed by atoms with E-state index in [1.54, 1.807) is 62.9 Å². The second-order valence-corrected chi connectivity index (χ2v) is 13.7. The molecule has 0 bridgehead atoms. The minimum atomic E-state index is -1.10. The van der Waals surface area contributed by atoms with Crippen molar-refractivity contribution in [2.24, 2.45) is 0 Å². The summed E-state index contributed by atoms with van der Waals surface area (Å²) in [5.74, 6) is -1.14. The first-order valence-electron chi connectivity index (χ1n) is 15.8. The number of fused-ring (bicyclic) bond motifs is 1. The zero-order valence-electron chi connectivity index (χ0n) is 27.7. The van der Waals surface area contributed by atoms with Crippen molar-refractivity contribution in [1.82, 2.24) is 9.88 Å². The molecular weight excluding hydrogens is 733 g/mol. The van der Waals surface area contributed by atoms with E-state index in [-0.39, 0.29) is 36.5 Å². The number of carboxylic acid groups (broad SMARTS) is 1. The first-order chi connectivity index (χ1) is 23.3. The molecule has 0 spiro atoms. The monoisotopic (exact) mass is 771 g/mol.